The van der Waals surface area contributed by atoms with E-state index in [4.69, 9.17) is 0 Å². The summed E-state index contributed by atoms with van der Waals surface area (Å²) >= 11 is 0. The Labute approximate surface area is 146 Å². The van der Waals surface area contributed by atoms with Crippen LogP contribution >= 0.6 is 0 Å². The van der Waals surface area contributed by atoms with Gasteiger partial charge >= 0.3 is 0 Å². The first-order chi connectivity index (χ1) is 12.2. The second-order valence-electron chi connectivity index (χ2n) is 6.47. The minimum Gasteiger partial charge on any atom is -0.358 e. The maximum atomic E-state index is 12.4. The minimum absolute atomic E-state index is 0.0279. The van der Waals surface area contributed by atoms with E-state index < -0.39 is 0 Å². The molecule has 0 saturated carbocycles. The van der Waals surface area contributed by atoms with Crippen molar-refractivity contribution in [2.45, 2.75) is 31.8 Å². The van der Waals surface area contributed by atoms with Gasteiger partial charge in [-0.15, -0.1) is 0 Å². The zero-order valence-electron chi connectivity index (χ0n) is 13.9. The molecule has 128 valence electrons. The molecule has 25 heavy (non-hydrogen) atoms. The molecule has 1 aromatic heterocycles. The van der Waals surface area contributed by atoms with Gasteiger partial charge in [-0.25, -0.2) is 0 Å². The Kier molecular flexibility index (Phi) is 4.09. The number of carbonyl (C=O) groups excluding carboxylic acids is 2. The summed E-state index contributed by atoms with van der Waals surface area (Å²) in [5, 5.41) is 5.84. The lowest BCUT2D eigenvalue weighted by Crippen LogP contribution is -2.50. The lowest BCUT2D eigenvalue weighted by molar-refractivity contribution is -0.118. The molecule has 1 aromatic carbocycles. The van der Waals surface area contributed by atoms with Crippen molar-refractivity contribution in [1.29, 1.82) is 0 Å². The second-order valence-corrected chi connectivity index (χ2v) is 6.47. The fraction of sp³-hybridized carbons (Fsp3) is 0.316. The normalized spacial score (nSPS) is 18.8. The first-order valence-corrected chi connectivity index (χ1v) is 8.61. The number of nitrogens with one attached hydrogen (secondary N) is 2. The fourth-order valence-electron chi connectivity index (χ4n) is 3.52. The van der Waals surface area contributed by atoms with Gasteiger partial charge in [-0.05, 0) is 49.1 Å². The van der Waals surface area contributed by atoms with Crippen LogP contribution in [0.5, 0.6) is 0 Å². The molecule has 2 N–H and O–H groups in total. The van der Waals surface area contributed by atoms with Gasteiger partial charge in [-0.2, -0.15) is 0 Å². The van der Waals surface area contributed by atoms with Crippen molar-refractivity contribution in [1.82, 2.24) is 10.3 Å². The van der Waals surface area contributed by atoms with Crippen molar-refractivity contribution >= 4 is 23.2 Å². The number of hydrogen-bond donors (Lipinski definition) is 2. The van der Waals surface area contributed by atoms with E-state index in [1.165, 1.54) is 0 Å². The lowest BCUT2D eigenvalue weighted by atomic mass is 9.97. The molecule has 1 fully saturated rings. The molecule has 0 spiro atoms. The third kappa shape index (κ3) is 3.07. The third-order valence-electron chi connectivity index (χ3n) is 4.81. The van der Waals surface area contributed by atoms with E-state index in [2.05, 4.69) is 20.5 Å². The topological polar surface area (TPSA) is 74.3 Å². The van der Waals surface area contributed by atoms with Crippen LogP contribution in [-0.4, -0.2) is 29.4 Å². The Bertz CT molecular complexity index is 806. The first kappa shape index (κ1) is 15.6. The summed E-state index contributed by atoms with van der Waals surface area (Å²) in [4.78, 5) is 30.9. The van der Waals surface area contributed by atoms with Crippen molar-refractivity contribution in [2.75, 3.05) is 16.8 Å². The van der Waals surface area contributed by atoms with Crippen molar-refractivity contribution in [2.24, 2.45) is 0 Å². The van der Waals surface area contributed by atoms with Crippen LogP contribution in [0.15, 0.2) is 42.7 Å². The molecule has 0 bridgehead atoms. The van der Waals surface area contributed by atoms with Crippen molar-refractivity contribution < 1.29 is 9.59 Å². The highest BCUT2D eigenvalue weighted by Crippen LogP contribution is 2.36. The summed E-state index contributed by atoms with van der Waals surface area (Å²) in [7, 11) is 0. The number of carbonyl (C=O) groups is 2. The van der Waals surface area contributed by atoms with E-state index in [0.29, 0.717) is 12.1 Å². The summed E-state index contributed by atoms with van der Waals surface area (Å²) in [6, 6.07) is 9.19. The molecule has 6 nitrogen and oxygen atoms in total. The van der Waals surface area contributed by atoms with E-state index in [1.54, 1.807) is 18.5 Å². The predicted molar refractivity (Wildman–Crippen MR) is 95.5 cm³/mol. The number of amides is 2. The molecule has 4 rings (SSSR count). The first-order valence-electron chi connectivity index (χ1n) is 8.61. The summed E-state index contributed by atoms with van der Waals surface area (Å²) in [5.74, 6) is -0.137. The van der Waals surface area contributed by atoms with Crippen LogP contribution in [0.2, 0.25) is 0 Å². The second kappa shape index (κ2) is 6.55. The summed E-state index contributed by atoms with van der Waals surface area (Å²) < 4.78 is 0. The molecule has 0 radical (unpaired) electrons. The Hall–Kier alpha value is -2.89. The standard InChI is InChI=1S/C19H20N4O2/c24-18(21-12-13-4-3-8-20-11-13)14-6-7-16-15(10-14)22-19(25)17-5-1-2-9-23(16)17/h3-4,6-8,10-11,17H,1-2,5,9,12H2,(H,21,24)(H,22,25). The van der Waals surface area contributed by atoms with Crippen molar-refractivity contribution in [3.63, 3.8) is 0 Å². The number of piperidine rings is 1. The molecule has 2 aliphatic rings. The van der Waals surface area contributed by atoms with Crippen LogP contribution < -0.4 is 15.5 Å². The largest absolute Gasteiger partial charge is 0.358 e. The zero-order chi connectivity index (χ0) is 17.2. The van der Waals surface area contributed by atoms with E-state index >= 15 is 0 Å². The van der Waals surface area contributed by atoms with Gasteiger partial charge in [0.1, 0.15) is 6.04 Å². The molecule has 2 aliphatic heterocycles. The Morgan fingerprint density at radius 2 is 2.24 bits per heavy atom. The highest BCUT2D eigenvalue weighted by atomic mass is 16.2. The van der Waals surface area contributed by atoms with E-state index in [-0.39, 0.29) is 17.9 Å². The fourth-order valence-corrected chi connectivity index (χ4v) is 3.52. The number of nitrogens with zero attached hydrogens (tertiary/aromatic N) is 2. The summed E-state index contributed by atoms with van der Waals surface area (Å²) in [5.41, 5.74) is 3.21. The van der Waals surface area contributed by atoms with E-state index in [9.17, 15) is 9.59 Å². The van der Waals surface area contributed by atoms with Gasteiger partial charge in [0, 0.05) is 31.0 Å². The molecule has 2 aromatic rings. The van der Waals surface area contributed by atoms with Gasteiger partial charge in [-0.3, -0.25) is 14.6 Å². The number of fused-ring (bicyclic) bond motifs is 3. The molecule has 2 amide bonds. The molecule has 3 heterocycles. The number of anilines is 2. The van der Waals surface area contributed by atoms with Crippen LogP contribution in [-0.2, 0) is 11.3 Å². The highest BCUT2D eigenvalue weighted by molar-refractivity contribution is 6.05. The average molecular weight is 336 g/mol. The molecular formula is C19H20N4O2. The number of rotatable bonds is 3. The SMILES string of the molecule is O=C(NCc1cccnc1)c1ccc2c(c1)NC(=O)C1CCCCN21. The molecule has 1 unspecified atom stereocenters. The zero-order valence-corrected chi connectivity index (χ0v) is 13.9. The molecular weight excluding hydrogens is 316 g/mol. The molecule has 1 atom stereocenters. The minimum atomic E-state index is -0.165. The van der Waals surface area contributed by atoms with Crippen LogP contribution in [0.25, 0.3) is 0 Å². The van der Waals surface area contributed by atoms with Gasteiger partial charge < -0.3 is 15.5 Å². The maximum absolute atomic E-state index is 12.4. The van der Waals surface area contributed by atoms with Gasteiger partial charge in [-0.1, -0.05) is 6.07 Å². The lowest BCUT2D eigenvalue weighted by Gasteiger charge is -2.41. The van der Waals surface area contributed by atoms with E-state index in [1.807, 2.05) is 24.3 Å². The average Bonchev–Trinajstić information content (AvgIpc) is 2.67. The predicted octanol–water partition coefficient (Wildman–Crippen LogP) is 2.32. The Morgan fingerprint density at radius 1 is 1.32 bits per heavy atom. The number of pyridine rings is 1. The smallest absolute Gasteiger partial charge is 0.251 e. The van der Waals surface area contributed by atoms with Gasteiger partial charge in [0.2, 0.25) is 5.91 Å². The quantitative estimate of drug-likeness (QED) is 0.902. The Morgan fingerprint density at radius 3 is 3.08 bits per heavy atom. The molecule has 6 heteroatoms. The van der Waals surface area contributed by atoms with Crippen LogP contribution in [0.4, 0.5) is 11.4 Å². The highest BCUT2D eigenvalue weighted by Gasteiger charge is 2.34. The van der Waals surface area contributed by atoms with Gasteiger partial charge in [0.15, 0.2) is 0 Å². The summed E-state index contributed by atoms with van der Waals surface area (Å²) in [6.45, 7) is 1.31. The molecule has 1 saturated heterocycles. The Balaban J connectivity index is 1.52. The van der Waals surface area contributed by atoms with Crippen LogP contribution in [0.1, 0.15) is 35.2 Å². The van der Waals surface area contributed by atoms with Gasteiger partial charge in [0.25, 0.3) is 5.91 Å². The van der Waals surface area contributed by atoms with E-state index in [0.717, 1.165) is 42.7 Å². The van der Waals surface area contributed by atoms with Crippen molar-refractivity contribution in [3.8, 4) is 0 Å². The molecule has 0 aliphatic carbocycles. The van der Waals surface area contributed by atoms with Crippen LogP contribution in [0.3, 0.4) is 0 Å². The third-order valence-corrected chi connectivity index (χ3v) is 4.81. The maximum Gasteiger partial charge on any atom is 0.251 e. The number of benzene rings is 1. The number of hydrogen-bond acceptors (Lipinski definition) is 4. The summed E-state index contributed by atoms with van der Waals surface area (Å²) in [6.07, 6.45) is 6.49. The van der Waals surface area contributed by atoms with Crippen LogP contribution in [0, 0.1) is 0 Å². The van der Waals surface area contributed by atoms with Gasteiger partial charge in [0.05, 0.1) is 11.4 Å². The monoisotopic (exact) mass is 336 g/mol. The van der Waals surface area contributed by atoms with Crippen molar-refractivity contribution in [3.05, 3.63) is 53.9 Å². The number of aromatic nitrogens is 1.